The molecule has 4 heteroatoms. The maximum atomic E-state index is 12.1. The van der Waals surface area contributed by atoms with E-state index in [1.807, 2.05) is 6.07 Å². The number of aromatic nitrogens is 1. The van der Waals surface area contributed by atoms with Crippen LogP contribution in [0.1, 0.15) is 40.6 Å². The molecule has 1 aromatic heterocycles. The predicted molar refractivity (Wildman–Crippen MR) is 85.7 cm³/mol. The summed E-state index contributed by atoms with van der Waals surface area (Å²) in [5.74, 6) is 0.258. The number of amides is 1. The molecule has 2 atom stereocenters. The van der Waals surface area contributed by atoms with Gasteiger partial charge in [-0.3, -0.25) is 4.79 Å². The van der Waals surface area contributed by atoms with Crippen LogP contribution in [0.4, 0.5) is 0 Å². The first-order chi connectivity index (χ1) is 10.7. The number of hydrogen-bond donors (Lipinski definition) is 2. The third-order valence-corrected chi connectivity index (χ3v) is 4.22. The van der Waals surface area contributed by atoms with E-state index in [9.17, 15) is 4.79 Å². The van der Waals surface area contributed by atoms with E-state index in [-0.39, 0.29) is 12.0 Å². The van der Waals surface area contributed by atoms with Crippen molar-refractivity contribution in [3.05, 3.63) is 59.4 Å². The second-order valence-electron chi connectivity index (χ2n) is 5.90. The van der Waals surface area contributed by atoms with Crippen LogP contribution in [0.15, 0.2) is 42.6 Å². The number of H-pyrrole nitrogens is 1. The van der Waals surface area contributed by atoms with Crippen molar-refractivity contribution in [3.8, 4) is 0 Å². The molecular formula is C18H22N2O2. The van der Waals surface area contributed by atoms with Gasteiger partial charge in [0.15, 0.2) is 0 Å². The Morgan fingerprint density at radius 2 is 2.14 bits per heavy atom. The summed E-state index contributed by atoms with van der Waals surface area (Å²) in [6.45, 7) is 3.51. The lowest BCUT2D eigenvalue weighted by atomic mass is 9.89. The first-order valence-electron chi connectivity index (χ1n) is 7.84. The number of carbonyl (C=O) groups is 1. The van der Waals surface area contributed by atoms with Crippen molar-refractivity contribution in [2.75, 3.05) is 13.2 Å². The third-order valence-electron chi connectivity index (χ3n) is 4.22. The van der Waals surface area contributed by atoms with Crippen molar-refractivity contribution >= 4 is 5.91 Å². The fourth-order valence-corrected chi connectivity index (χ4v) is 2.97. The molecule has 0 radical (unpaired) electrons. The number of ether oxygens (including phenoxy) is 1. The Bertz CT molecular complexity index is 605. The molecule has 1 amide bonds. The van der Waals surface area contributed by atoms with Crippen molar-refractivity contribution in [1.29, 1.82) is 0 Å². The number of rotatable bonds is 4. The van der Waals surface area contributed by atoms with E-state index >= 15 is 0 Å². The summed E-state index contributed by atoms with van der Waals surface area (Å²) in [7, 11) is 0. The third kappa shape index (κ3) is 3.39. The van der Waals surface area contributed by atoms with E-state index in [1.54, 1.807) is 12.3 Å². The molecule has 2 N–H and O–H groups in total. The van der Waals surface area contributed by atoms with E-state index in [4.69, 9.17) is 4.74 Å². The van der Waals surface area contributed by atoms with Crippen LogP contribution >= 0.6 is 0 Å². The van der Waals surface area contributed by atoms with Gasteiger partial charge in [0, 0.05) is 25.3 Å². The maximum Gasteiger partial charge on any atom is 0.267 e. The molecule has 1 aliphatic rings. The molecule has 1 fully saturated rings. The maximum absolute atomic E-state index is 12.1. The summed E-state index contributed by atoms with van der Waals surface area (Å²) in [4.78, 5) is 15.0. The van der Waals surface area contributed by atoms with Gasteiger partial charge < -0.3 is 15.0 Å². The number of benzene rings is 1. The fourth-order valence-electron chi connectivity index (χ4n) is 2.97. The average molecular weight is 298 g/mol. The lowest BCUT2D eigenvalue weighted by Gasteiger charge is -2.32. The summed E-state index contributed by atoms with van der Waals surface area (Å²) in [6, 6.07) is 12.1. The van der Waals surface area contributed by atoms with Crippen molar-refractivity contribution in [1.82, 2.24) is 10.3 Å². The molecular weight excluding hydrogens is 276 g/mol. The van der Waals surface area contributed by atoms with Crippen molar-refractivity contribution in [3.63, 3.8) is 0 Å². The molecule has 2 aromatic rings. The van der Waals surface area contributed by atoms with Gasteiger partial charge in [-0.1, -0.05) is 29.8 Å². The predicted octanol–water partition coefficient (Wildman–Crippen LogP) is 3.22. The molecule has 1 aromatic carbocycles. The SMILES string of the molecule is Cc1ccc([C@@H]2OCCC[C@@H]2CNC(=O)c2ccc[nH]2)cc1. The first kappa shape index (κ1) is 14.9. The van der Waals surface area contributed by atoms with Gasteiger partial charge in [-0.05, 0) is 37.5 Å². The van der Waals surface area contributed by atoms with Crippen LogP contribution in [0.2, 0.25) is 0 Å². The zero-order valence-corrected chi connectivity index (χ0v) is 12.8. The first-order valence-corrected chi connectivity index (χ1v) is 7.84. The van der Waals surface area contributed by atoms with Crippen molar-refractivity contribution in [2.45, 2.75) is 25.9 Å². The van der Waals surface area contributed by atoms with E-state index in [2.05, 4.69) is 41.5 Å². The van der Waals surface area contributed by atoms with Crippen molar-refractivity contribution in [2.24, 2.45) is 5.92 Å². The van der Waals surface area contributed by atoms with Crippen LogP contribution in [0.5, 0.6) is 0 Å². The zero-order valence-electron chi connectivity index (χ0n) is 12.8. The quantitative estimate of drug-likeness (QED) is 0.910. The minimum atomic E-state index is -0.0572. The molecule has 116 valence electrons. The zero-order chi connectivity index (χ0) is 15.4. The largest absolute Gasteiger partial charge is 0.373 e. The molecule has 0 saturated carbocycles. The second-order valence-corrected chi connectivity index (χ2v) is 5.90. The summed E-state index contributed by atoms with van der Waals surface area (Å²) < 4.78 is 5.98. The molecule has 0 bridgehead atoms. The van der Waals surface area contributed by atoms with Gasteiger partial charge in [0.1, 0.15) is 5.69 Å². The van der Waals surface area contributed by atoms with E-state index in [0.29, 0.717) is 18.2 Å². The lowest BCUT2D eigenvalue weighted by Crippen LogP contribution is -2.35. The topological polar surface area (TPSA) is 54.1 Å². The molecule has 0 aliphatic carbocycles. The number of aryl methyl sites for hydroxylation is 1. The molecule has 0 unspecified atom stereocenters. The minimum Gasteiger partial charge on any atom is -0.373 e. The Balaban J connectivity index is 1.65. The molecule has 4 nitrogen and oxygen atoms in total. The molecule has 2 heterocycles. The Morgan fingerprint density at radius 3 is 2.86 bits per heavy atom. The van der Waals surface area contributed by atoms with Gasteiger partial charge in [-0.2, -0.15) is 0 Å². The summed E-state index contributed by atoms with van der Waals surface area (Å²) in [5, 5.41) is 3.02. The number of aromatic amines is 1. The van der Waals surface area contributed by atoms with Gasteiger partial charge in [0.25, 0.3) is 5.91 Å². The van der Waals surface area contributed by atoms with E-state index in [0.717, 1.165) is 19.4 Å². The number of nitrogens with one attached hydrogen (secondary N) is 2. The highest BCUT2D eigenvalue weighted by Gasteiger charge is 2.27. The summed E-state index contributed by atoms with van der Waals surface area (Å²) >= 11 is 0. The van der Waals surface area contributed by atoms with Crippen LogP contribution in [0.25, 0.3) is 0 Å². The number of carbonyl (C=O) groups excluding carboxylic acids is 1. The number of hydrogen-bond acceptors (Lipinski definition) is 2. The van der Waals surface area contributed by atoms with E-state index in [1.165, 1.54) is 11.1 Å². The highest BCUT2D eigenvalue weighted by molar-refractivity contribution is 5.92. The minimum absolute atomic E-state index is 0.0572. The fraction of sp³-hybridized carbons (Fsp3) is 0.389. The van der Waals surface area contributed by atoms with Gasteiger partial charge in [0.2, 0.25) is 0 Å². The molecule has 1 saturated heterocycles. The highest BCUT2D eigenvalue weighted by atomic mass is 16.5. The lowest BCUT2D eigenvalue weighted by molar-refractivity contribution is -0.0272. The second kappa shape index (κ2) is 6.79. The van der Waals surface area contributed by atoms with Crippen LogP contribution in [0.3, 0.4) is 0 Å². The van der Waals surface area contributed by atoms with Crippen LogP contribution in [0, 0.1) is 12.8 Å². The summed E-state index contributed by atoms with van der Waals surface area (Å²) in [6.07, 6.45) is 3.95. The van der Waals surface area contributed by atoms with Crippen molar-refractivity contribution < 1.29 is 9.53 Å². The van der Waals surface area contributed by atoms with Crippen LogP contribution in [-0.2, 0) is 4.74 Å². The van der Waals surface area contributed by atoms with Gasteiger partial charge in [-0.25, -0.2) is 0 Å². The monoisotopic (exact) mass is 298 g/mol. The summed E-state index contributed by atoms with van der Waals surface area (Å²) in [5.41, 5.74) is 3.05. The molecule has 3 rings (SSSR count). The highest BCUT2D eigenvalue weighted by Crippen LogP contribution is 2.33. The Hall–Kier alpha value is -2.07. The Morgan fingerprint density at radius 1 is 1.32 bits per heavy atom. The normalized spacial score (nSPS) is 21.5. The standard InChI is InChI=1S/C18H22N2O2/c1-13-6-8-14(9-7-13)17-15(4-3-11-22-17)12-20-18(21)16-5-2-10-19-16/h2,5-10,15,17,19H,3-4,11-12H2,1H3,(H,20,21)/t15-,17+/m1/s1. The van der Waals surface area contributed by atoms with Gasteiger partial charge in [-0.15, -0.1) is 0 Å². The van der Waals surface area contributed by atoms with Gasteiger partial charge >= 0.3 is 0 Å². The van der Waals surface area contributed by atoms with Gasteiger partial charge in [0.05, 0.1) is 6.10 Å². The average Bonchev–Trinajstić information content (AvgIpc) is 3.08. The van der Waals surface area contributed by atoms with E-state index < -0.39 is 0 Å². The molecule has 22 heavy (non-hydrogen) atoms. The smallest absolute Gasteiger partial charge is 0.267 e. The van der Waals surface area contributed by atoms with Crippen LogP contribution < -0.4 is 5.32 Å². The Kier molecular flexibility index (Phi) is 4.59. The molecule has 0 spiro atoms. The van der Waals surface area contributed by atoms with Crippen LogP contribution in [-0.4, -0.2) is 24.0 Å². The molecule has 1 aliphatic heterocycles. The Labute approximate surface area is 130 Å².